The molecule has 39 heavy (non-hydrogen) atoms. The summed E-state index contributed by atoms with van der Waals surface area (Å²) in [6, 6.07) is 0. The highest BCUT2D eigenvalue weighted by Gasteiger charge is 2.15. The maximum Gasteiger partial charge on any atom is 0.243 e. The number of nitrogens with zero attached hydrogens (tertiary/aromatic N) is 1. The molecule has 0 bridgehead atoms. The van der Waals surface area contributed by atoms with Gasteiger partial charge in [-0.2, -0.15) is 0 Å². The van der Waals surface area contributed by atoms with E-state index in [9.17, 15) is 14.4 Å². The zero-order valence-electron chi connectivity index (χ0n) is 23.0. The average molecular weight is 559 g/mol. The fourth-order valence-electron chi connectivity index (χ4n) is 3.28. The maximum atomic E-state index is 12.8. The Labute approximate surface area is 231 Å². The van der Waals surface area contributed by atoms with Crippen LogP contribution in [0.5, 0.6) is 0 Å². The highest BCUT2D eigenvalue weighted by Crippen LogP contribution is 1.97. The Morgan fingerprint density at radius 2 is 1.15 bits per heavy atom. The molecule has 0 aromatic heterocycles. The van der Waals surface area contributed by atoms with Crippen molar-refractivity contribution in [2.24, 2.45) is 0 Å². The molecule has 1 rings (SSSR count). The van der Waals surface area contributed by atoms with Gasteiger partial charge in [0.1, 0.15) is 0 Å². The minimum atomic E-state index is -0.314. The molecule has 13 heteroatoms. The van der Waals surface area contributed by atoms with E-state index in [0.29, 0.717) is 98.9 Å². The van der Waals surface area contributed by atoms with Crippen molar-refractivity contribution in [1.29, 1.82) is 0 Å². The van der Waals surface area contributed by atoms with Crippen LogP contribution in [-0.4, -0.2) is 141 Å². The van der Waals surface area contributed by atoms with Crippen LogP contribution in [0.4, 0.5) is 0 Å². The van der Waals surface area contributed by atoms with Gasteiger partial charge in [-0.25, -0.2) is 0 Å². The summed E-state index contributed by atoms with van der Waals surface area (Å²) in [7, 11) is 0. The molecule has 0 spiro atoms. The Bertz CT molecular complexity index is 652. The van der Waals surface area contributed by atoms with Gasteiger partial charge in [0, 0.05) is 45.7 Å². The van der Waals surface area contributed by atoms with Gasteiger partial charge in [0.25, 0.3) is 0 Å². The van der Waals surface area contributed by atoms with Gasteiger partial charge in [-0.15, -0.1) is 0 Å². The predicted octanol–water partition coefficient (Wildman–Crippen LogP) is -1.12. The minimum Gasteiger partial charge on any atom is -0.377 e. The summed E-state index contributed by atoms with van der Waals surface area (Å²) in [6.07, 6.45) is 2.34. The molecule has 1 heterocycles. The van der Waals surface area contributed by atoms with Crippen molar-refractivity contribution in [3.05, 3.63) is 25.3 Å². The third kappa shape index (κ3) is 20.2. The number of ether oxygens (including phenoxy) is 6. The van der Waals surface area contributed by atoms with Gasteiger partial charge in [0.05, 0.1) is 78.8 Å². The minimum absolute atomic E-state index is 0.109. The smallest absolute Gasteiger partial charge is 0.243 e. The Balaban J connectivity index is 2.44. The second-order valence-electron chi connectivity index (χ2n) is 8.34. The van der Waals surface area contributed by atoms with Crippen LogP contribution in [0.1, 0.15) is 6.42 Å². The molecular formula is C26H46N4O9. The first-order valence-corrected chi connectivity index (χ1v) is 13.4. The van der Waals surface area contributed by atoms with Gasteiger partial charge >= 0.3 is 0 Å². The largest absolute Gasteiger partial charge is 0.377 e. The summed E-state index contributed by atoms with van der Waals surface area (Å²) >= 11 is 0. The number of carbonyl (C=O) groups excluding carboxylic acids is 3. The standard InChI is InChI=1S/C26H46N4O9/c1-3-24(31)28-7-9-30(10-8-29-25(32)4-2)26(33)5-6-27-21-23-22-38-18-17-36-14-13-34-11-12-35-15-16-37-19-20-39-23/h3-4,23,27H,1-2,5-22H2,(H,28,31)(H,29,32). The lowest BCUT2D eigenvalue weighted by Crippen LogP contribution is -2.43. The van der Waals surface area contributed by atoms with Crippen molar-refractivity contribution < 1.29 is 42.8 Å². The number of carbonyl (C=O) groups is 3. The molecule has 3 N–H and O–H groups in total. The lowest BCUT2D eigenvalue weighted by Gasteiger charge is -2.23. The SMILES string of the molecule is C=CC(=O)NCCN(CCNC(=O)C=C)C(=O)CCNCC1COCCOCCOCCOCCOCCO1. The van der Waals surface area contributed by atoms with Crippen LogP contribution in [0, 0.1) is 0 Å². The van der Waals surface area contributed by atoms with E-state index in [2.05, 4.69) is 29.1 Å². The first kappa shape index (κ1) is 34.6. The molecule has 0 aromatic carbocycles. The average Bonchev–Trinajstić information content (AvgIpc) is 2.94. The summed E-state index contributed by atoms with van der Waals surface area (Å²) < 4.78 is 33.5. The van der Waals surface area contributed by atoms with Crippen molar-refractivity contribution in [2.75, 3.05) is 112 Å². The van der Waals surface area contributed by atoms with Crippen molar-refractivity contribution in [2.45, 2.75) is 12.5 Å². The molecule has 1 aliphatic rings. The molecule has 1 aliphatic heterocycles. The molecule has 1 atom stereocenters. The van der Waals surface area contributed by atoms with Crippen LogP contribution >= 0.6 is 0 Å². The summed E-state index contributed by atoms with van der Waals surface area (Å²) in [5.74, 6) is -0.738. The van der Waals surface area contributed by atoms with E-state index in [1.54, 1.807) is 4.90 Å². The van der Waals surface area contributed by atoms with Crippen molar-refractivity contribution in [1.82, 2.24) is 20.9 Å². The monoisotopic (exact) mass is 558 g/mol. The van der Waals surface area contributed by atoms with Gasteiger partial charge in [-0.1, -0.05) is 13.2 Å². The zero-order valence-corrected chi connectivity index (χ0v) is 23.0. The van der Waals surface area contributed by atoms with E-state index in [0.717, 1.165) is 0 Å². The summed E-state index contributed by atoms with van der Waals surface area (Å²) in [6.45, 7) is 13.9. The molecule has 0 aromatic rings. The van der Waals surface area contributed by atoms with Crippen LogP contribution in [-0.2, 0) is 42.8 Å². The third-order valence-electron chi connectivity index (χ3n) is 5.35. The van der Waals surface area contributed by atoms with Crippen LogP contribution in [0.2, 0.25) is 0 Å². The normalized spacial score (nSPS) is 18.6. The molecule has 1 saturated heterocycles. The van der Waals surface area contributed by atoms with E-state index in [4.69, 9.17) is 28.4 Å². The molecule has 13 nitrogen and oxygen atoms in total. The van der Waals surface area contributed by atoms with E-state index < -0.39 is 0 Å². The molecule has 0 radical (unpaired) electrons. The van der Waals surface area contributed by atoms with Gasteiger partial charge < -0.3 is 49.3 Å². The lowest BCUT2D eigenvalue weighted by atomic mass is 10.3. The Morgan fingerprint density at radius 3 is 1.64 bits per heavy atom. The number of nitrogens with one attached hydrogen (secondary N) is 3. The Morgan fingerprint density at radius 1 is 0.692 bits per heavy atom. The predicted molar refractivity (Wildman–Crippen MR) is 144 cm³/mol. The Kier molecular flexibility index (Phi) is 21.9. The van der Waals surface area contributed by atoms with E-state index >= 15 is 0 Å². The first-order chi connectivity index (χ1) is 19.1. The van der Waals surface area contributed by atoms with Crippen LogP contribution < -0.4 is 16.0 Å². The van der Waals surface area contributed by atoms with Crippen LogP contribution in [0.15, 0.2) is 25.3 Å². The van der Waals surface area contributed by atoms with Crippen molar-refractivity contribution in [3.8, 4) is 0 Å². The second-order valence-corrected chi connectivity index (χ2v) is 8.34. The Hall–Kier alpha value is -2.39. The topological polar surface area (TPSA) is 146 Å². The fourth-order valence-corrected chi connectivity index (χ4v) is 3.28. The van der Waals surface area contributed by atoms with Crippen LogP contribution in [0.25, 0.3) is 0 Å². The number of hydrogen-bond donors (Lipinski definition) is 3. The number of amides is 3. The summed E-state index contributed by atoms with van der Waals surface area (Å²) in [5, 5.41) is 8.56. The van der Waals surface area contributed by atoms with Crippen molar-refractivity contribution >= 4 is 17.7 Å². The molecule has 1 fully saturated rings. The van der Waals surface area contributed by atoms with E-state index in [-0.39, 0.29) is 43.3 Å². The molecular weight excluding hydrogens is 512 g/mol. The molecule has 0 aliphatic carbocycles. The lowest BCUT2D eigenvalue weighted by molar-refractivity contribution is -0.131. The van der Waals surface area contributed by atoms with Gasteiger partial charge in [-0.3, -0.25) is 14.4 Å². The molecule has 1 unspecified atom stereocenters. The molecule has 0 saturated carbocycles. The third-order valence-corrected chi connectivity index (χ3v) is 5.35. The van der Waals surface area contributed by atoms with Crippen LogP contribution in [0.3, 0.4) is 0 Å². The summed E-state index contributed by atoms with van der Waals surface area (Å²) in [4.78, 5) is 37.2. The summed E-state index contributed by atoms with van der Waals surface area (Å²) in [5.41, 5.74) is 0. The van der Waals surface area contributed by atoms with Gasteiger partial charge in [0.2, 0.25) is 17.7 Å². The zero-order chi connectivity index (χ0) is 28.4. The second kappa shape index (κ2) is 24.6. The quantitative estimate of drug-likeness (QED) is 0.188. The number of hydrogen-bond acceptors (Lipinski definition) is 10. The van der Waals surface area contributed by atoms with E-state index in [1.165, 1.54) is 12.2 Å². The molecule has 3 amide bonds. The molecule has 224 valence electrons. The van der Waals surface area contributed by atoms with Crippen molar-refractivity contribution in [3.63, 3.8) is 0 Å². The highest BCUT2D eigenvalue weighted by atomic mass is 16.6. The van der Waals surface area contributed by atoms with Gasteiger partial charge in [-0.05, 0) is 12.2 Å². The highest BCUT2D eigenvalue weighted by molar-refractivity contribution is 5.87. The fraction of sp³-hybridized carbons (Fsp3) is 0.731. The van der Waals surface area contributed by atoms with Gasteiger partial charge in [0.15, 0.2) is 0 Å². The van der Waals surface area contributed by atoms with E-state index in [1.807, 2.05) is 0 Å². The maximum absolute atomic E-state index is 12.8. The first-order valence-electron chi connectivity index (χ1n) is 13.4. The number of rotatable bonds is 13.